The van der Waals surface area contributed by atoms with Crippen molar-refractivity contribution in [2.75, 3.05) is 58.8 Å². The molecule has 0 saturated carbocycles. The molecule has 1 aromatic rings. The van der Waals surface area contributed by atoms with Gasteiger partial charge in [0.1, 0.15) is 5.69 Å². The summed E-state index contributed by atoms with van der Waals surface area (Å²) in [5, 5.41) is 3.29. The summed E-state index contributed by atoms with van der Waals surface area (Å²) < 4.78 is 11.4. The molecule has 1 amide bonds. The molecule has 2 aliphatic rings. The number of nitrogens with zero attached hydrogens (tertiary/aromatic N) is 3. The van der Waals surface area contributed by atoms with Gasteiger partial charge in [-0.05, 0) is 26.2 Å². The second-order valence-electron chi connectivity index (χ2n) is 6.56. The van der Waals surface area contributed by atoms with Crippen LogP contribution in [0.4, 0.5) is 5.69 Å². The minimum atomic E-state index is -0.454. The van der Waals surface area contributed by atoms with Crippen LogP contribution in [0.1, 0.15) is 23.3 Å². The second kappa shape index (κ2) is 7.46. The van der Waals surface area contributed by atoms with Crippen LogP contribution in [-0.2, 0) is 9.47 Å². The number of amides is 1. The molecule has 2 saturated heterocycles. The highest BCUT2D eigenvalue weighted by Gasteiger charge is 2.40. The molecule has 0 aliphatic carbocycles. The first-order valence-electron chi connectivity index (χ1n) is 8.50. The smallest absolute Gasteiger partial charge is 0.272 e. The van der Waals surface area contributed by atoms with Gasteiger partial charge in [-0.25, -0.2) is 4.98 Å². The molecule has 0 unspecified atom stereocenters. The van der Waals surface area contributed by atoms with E-state index in [9.17, 15) is 4.79 Å². The predicted molar refractivity (Wildman–Crippen MR) is 91.1 cm³/mol. The summed E-state index contributed by atoms with van der Waals surface area (Å²) in [5.41, 5.74) is 1.41. The zero-order valence-corrected chi connectivity index (χ0v) is 14.5. The van der Waals surface area contributed by atoms with Gasteiger partial charge < -0.3 is 24.6 Å². The minimum Gasteiger partial charge on any atom is -0.383 e. The van der Waals surface area contributed by atoms with E-state index in [1.807, 2.05) is 25.1 Å². The molecule has 3 heterocycles. The maximum Gasteiger partial charge on any atom is 0.272 e. The van der Waals surface area contributed by atoms with Gasteiger partial charge in [0.05, 0.1) is 25.1 Å². The van der Waals surface area contributed by atoms with Crippen molar-refractivity contribution in [2.24, 2.45) is 0 Å². The Morgan fingerprint density at radius 3 is 2.58 bits per heavy atom. The molecule has 1 N–H and O–H groups in total. The van der Waals surface area contributed by atoms with Crippen LogP contribution in [0.15, 0.2) is 18.3 Å². The van der Waals surface area contributed by atoms with Crippen LogP contribution < -0.4 is 5.32 Å². The number of carbonyl (C=O) groups excluding carboxylic acids is 1. The van der Waals surface area contributed by atoms with Crippen LogP contribution in [0.2, 0.25) is 0 Å². The normalized spacial score (nSPS) is 19.9. The van der Waals surface area contributed by atoms with E-state index < -0.39 is 5.79 Å². The Morgan fingerprint density at radius 2 is 2.00 bits per heavy atom. The third kappa shape index (κ3) is 4.03. The number of pyridine rings is 1. The van der Waals surface area contributed by atoms with Gasteiger partial charge in [0.2, 0.25) is 0 Å². The predicted octanol–water partition coefficient (Wildman–Crippen LogP) is 1.03. The molecule has 3 rings (SSSR count). The molecule has 24 heavy (non-hydrogen) atoms. The number of nitrogens with one attached hydrogen (secondary N) is 1. The molecule has 132 valence electrons. The van der Waals surface area contributed by atoms with E-state index in [1.165, 1.54) is 0 Å². The number of rotatable bonds is 5. The van der Waals surface area contributed by atoms with E-state index in [4.69, 9.17) is 9.47 Å². The Morgan fingerprint density at radius 1 is 1.29 bits per heavy atom. The first kappa shape index (κ1) is 17.1. The van der Waals surface area contributed by atoms with Crippen LogP contribution in [-0.4, -0.2) is 80.0 Å². The molecular weight excluding hydrogens is 308 g/mol. The number of piperidine rings is 1. The van der Waals surface area contributed by atoms with Crippen molar-refractivity contribution in [3.05, 3.63) is 24.0 Å². The molecule has 0 aromatic carbocycles. The van der Waals surface area contributed by atoms with E-state index in [-0.39, 0.29) is 5.91 Å². The van der Waals surface area contributed by atoms with E-state index in [1.54, 1.807) is 12.3 Å². The highest BCUT2D eigenvalue weighted by Crippen LogP contribution is 2.31. The SMILES string of the molecule is CN(C)CCNc1ccc(C(=O)N2CCC3(CC2)OCCO3)nc1. The fourth-order valence-electron chi connectivity index (χ4n) is 3.05. The van der Waals surface area contributed by atoms with Crippen LogP contribution in [0.25, 0.3) is 0 Å². The number of likely N-dealkylation sites (tertiary alicyclic amines) is 1. The van der Waals surface area contributed by atoms with Crippen molar-refractivity contribution in [3.63, 3.8) is 0 Å². The average Bonchev–Trinajstić information content (AvgIpc) is 3.03. The summed E-state index contributed by atoms with van der Waals surface area (Å²) in [7, 11) is 4.07. The van der Waals surface area contributed by atoms with Gasteiger partial charge >= 0.3 is 0 Å². The lowest BCUT2D eigenvalue weighted by Crippen LogP contribution is -2.47. The fourth-order valence-corrected chi connectivity index (χ4v) is 3.05. The summed E-state index contributed by atoms with van der Waals surface area (Å²) in [4.78, 5) is 20.8. The molecule has 1 aromatic heterocycles. The van der Waals surface area contributed by atoms with E-state index in [0.717, 1.165) is 31.6 Å². The summed E-state index contributed by atoms with van der Waals surface area (Å²) >= 11 is 0. The first-order valence-corrected chi connectivity index (χ1v) is 8.50. The number of ether oxygens (including phenoxy) is 2. The summed E-state index contributed by atoms with van der Waals surface area (Å²) in [6.45, 7) is 4.37. The summed E-state index contributed by atoms with van der Waals surface area (Å²) in [5.74, 6) is -0.479. The number of anilines is 1. The van der Waals surface area contributed by atoms with Crippen LogP contribution in [0.3, 0.4) is 0 Å². The zero-order chi connectivity index (χ0) is 17.0. The van der Waals surface area contributed by atoms with Gasteiger partial charge in [-0.1, -0.05) is 0 Å². The highest BCUT2D eigenvalue weighted by molar-refractivity contribution is 5.92. The standard InChI is InChI=1S/C17H26N4O3/c1-20(2)10-7-18-14-3-4-15(19-13-14)16(22)21-8-5-17(6-9-21)23-11-12-24-17/h3-4,13,18H,5-12H2,1-2H3. The van der Waals surface area contributed by atoms with E-state index in [0.29, 0.717) is 32.0 Å². The Bertz CT molecular complexity index is 545. The molecule has 0 radical (unpaired) electrons. The third-order valence-electron chi connectivity index (χ3n) is 4.50. The molecule has 1 spiro atoms. The maximum atomic E-state index is 12.6. The Labute approximate surface area is 142 Å². The Balaban J connectivity index is 1.52. The van der Waals surface area contributed by atoms with Crippen LogP contribution >= 0.6 is 0 Å². The molecule has 0 bridgehead atoms. The summed E-state index contributed by atoms with van der Waals surface area (Å²) in [6.07, 6.45) is 3.17. The van der Waals surface area contributed by atoms with Gasteiger partial charge in [-0.15, -0.1) is 0 Å². The topological polar surface area (TPSA) is 66.9 Å². The summed E-state index contributed by atoms with van der Waals surface area (Å²) in [6, 6.07) is 3.69. The highest BCUT2D eigenvalue weighted by atomic mass is 16.7. The van der Waals surface area contributed by atoms with Crippen molar-refractivity contribution >= 4 is 11.6 Å². The molecule has 0 atom stereocenters. The minimum absolute atomic E-state index is 0.0253. The Hall–Kier alpha value is -1.70. The molecular formula is C17H26N4O3. The third-order valence-corrected chi connectivity index (χ3v) is 4.50. The van der Waals surface area contributed by atoms with Crippen molar-refractivity contribution in [3.8, 4) is 0 Å². The second-order valence-corrected chi connectivity index (χ2v) is 6.56. The van der Waals surface area contributed by atoms with Gasteiger partial charge in [0, 0.05) is 39.0 Å². The lowest BCUT2D eigenvalue weighted by atomic mass is 10.0. The van der Waals surface area contributed by atoms with Gasteiger partial charge in [0.15, 0.2) is 5.79 Å². The van der Waals surface area contributed by atoms with Crippen molar-refractivity contribution in [1.29, 1.82) is 0 Å². The Kier molecular flexibility index (Phi) is 5.33. The monoisotopic (exact) mass is 334 g/mol. The van der Waals surface area contributed by atoms with Gasteiger partial charge in [-0.2, -0.15) is 0 Å². The van der Waals surface area contributed by atoms with Crippen molar-refractivity contribution in [2.45, 2.75) is 18.6 Å². The average molecular weight is 334 g/mol. The largest absolute Gasteiger partial charge is 0.383 e. The zero-order valence-electron chi connectivity index (χ0n) is 14.5. The van der Waals surface area contributed by atoms with E-state index >= 15 is 0 Å². The lowest BCUT2D eigenvalue weighted by molar-refractivity contribution is -0.181. The number of carbonyl (C=O) groups is 1. The molecule has 7 nitrogen and oxygen atoms in total. The van der Waals surface area contributed by atoms with Crippen molar-refractivity contribution in [1.82, 2.24) is 14.8 Å². The molecule has 2 fully saturated rings. The first-order chi connectivity index (χ1) is 11.6. The number of hydrogen-bond donors (Lipinski definition) is 1. The van der Waals surface area contributed by atoms with E-state index in [2.05, 4.69) is 15.2 Å². The molecule has 2 aliphatic heterocycles. The fraction of sp³-hybridized carbons (Fsp3) is 0.647. The van der Waals surface area contributed by atoms with Gasteiger partial charge in [0.25, 0.3) is 5.91 Å². The number of likely N-dealkylation sites (N-methyl/N-ethyl adjacent to an activating group) is 1. The van der Waals surface area contributed by atoms with Crippen LogP contribution in [0.5, 0.6) is 0 Å². The van der Waals surface area contributed by atoms with Crippen molar-refractivity contribution < 1.29 is 14.3 Å². The molecule has 7 heteroatoms. The van der Waals surface area contributed by atoms with Gasteiger partial charge in [-0.3, -0.25) is 4.79 Å². The van der Waals surface area contributed by atoms with Crippen LogP contribution in [0, 0.1) is 0 Å². The maximum absolute atomic E-state index is 12.6. The number of aromatic nitrogens is 1. The quantitative estimate of drug-likeness (QED) is 0.868. The lowest BCUT2D eigenvalue weighted by Gasteiger charge is -2.37. The number of hydrogen-bond acceptors (Lipinski definition) is 6.